The van der Waals surface area contributed by atoms with Crippen LogP contribution in [0.25, 0.3) is 10.2 Å². The molecule has 2 aromatic rings. The Hall–Kier alpha value is -1.39. The van der Waals surface area contributed by atoms with Crippen LogP contribution >= 0.6 is 23.1 Å². The second-order valence-corrected chi connectivity index (χ2v) is 10.6. The number of nitrogen functional groups attached to an aromatic ring is 1. The zero-order chi connectivity index (χ0) is 18.4. The van der Waals surface area contributed by atoms with E-state index in [1.54, 1.807) is 18.4 Å². The van der Waals surface area contributed by atoms with E-state index in [1.807, 2.05) is 13.8 Å². The van der Waals surface area contributed by atoms with Crippen LogP contribution in [-0.2, 0) is 14.6 Å². The van der Waals surface area contributed by atoms with E-state index >= 15 is 0 Å². The van der Waals surface area contributed by atoms with Crippen LogP contribution in [0.3, 0.4) is 0 Å². The minimum absolute atomic E-state index is 0.0447. The molecule has 1 atom stereocenters. The molecule has 0 bridgehead atoms. The Kier molecular flexibility index (Phi) is 4.95. The molecule has 0 radical (unpaired) electrons. The summed E-state index contributed by atoms with van der Waals surface area (Å²) in [5.41, 5.74) is 7.14. The third-order valence-electron chi connectivity index (χ3n) is 4.51. The maximum atomic E-state index is 12.3. The maximum Gasteiger partial charge on any atom is 0.233 e. The Balaban J connectivity index is 1.69. The first-order chi connectivity index (χ1) is 11.7. The van der Waals surface area contributed by atoms with E-state index in [0.29, 0.717) is 17.4 Å². The molecule has 1 amide bonds. The number of sulfone groups is 1. The smallest absolute Gasteiger partial charge is 0.233 e. The monoisotopic (exact) mass is 400 g/mol. The Bertz CT molecular complexity index is 939. The lowest BCUT2D eigenvalue weighted by Gasteiger charge is -2.23. The first kappa shape index (κ1) is 18.4. The van der Waals surface area contributed by atoms with Crippen LogP contribution in [0.5, 0.6) is 0 Å². The highest BCUT2D eigenvalue weighted by Gasteiger charge is 2.32. The second-order valence-electron chi connectivity index (χ2n) is 6.21. The molecule has 1 aliphatic rings. The topological polar surface area (TPSA) is 106 Å². The quantitative estimate of drug-likeness (QED) is 0.614. The summed E-state index contributed by atoms with van der Waals surface area (Å²) >= 11 is 2.78. The van der Waals surface area contributed by atoms with Gasteiger partial charge in [0.2, 0.25) is 5.91 Å². The van der Waals surface area contributed by atoms with Crippen molar-refractivity contribution in [1.29, 1.82) is 0 Å². The van der Waals surface area contributed by atoms with Gasteiger partial charge in [-0.3, -0.25) is 4.79 Å². The zero-order valence-electron chi connectivity index (χ0n) is 14.3. The van der Waals surface area contributed by atoms with Gasteiger partial charge in [-0.1, -0.05) is 11.8 Å². The number of hydrogen-bond donors (Lipinski definition) is 1. The average molecular weight is 401 g/mol. The molecule has 3 heterocycles. The van der Waals surface area contributed by atoms with Gasteiger partial charge >= 0.3 is 0 Å². The van der Waals surface area contributed by atoms with Crippen molar-refractivity contribution < 1.29 is 13.2 Å². The Labute approximate surface area is 154 Å². The minimum atomic E-state index is -3.01. The highest BCUT2D eigenvalue weighted by molar-refractivity contribution is 7.99. The summed E-state index contributed by atoms with van der Waals surface area (Å²) in [6.45, 7) is 4.01. The number of aryl methyl sites for hydroxylation is 2. The van der Waals surface area contributed by atoms with Gasteiger partial charge in [0.25, 0.3) is 0 Å². The van der Waals surface area contributed by atoms with Crippen LogP contribution < -0.4 is 5.73 Å². The van der Waals surface area contributed by atoms with Crippen molar-refractivity contribution in [2.24, 2.45) is 0 Å². The van der Waals surface area contributed by atoms with Gasteiger partial charge < -0.3 is 10.6 Å². The molecule has 2 N–H and O–H groups in total. The first-order valence-electron chi connectivity index (χ1n) is 7.80. The molecule has 25 heavy (non-hydrogen) atoms. The predicted molar refractivity (Wildman–Crippen MR) is 102 cm³/mol. The molecule has 0 saturated carbocycles. The number of nitrogens with zero attached hydrogens (tertiary/aromatic N) is 3. The molecule has 10 heteroatoms. The van der Waals surface area contributed by atoms with E-state index in [2.05, 4.69) is 9.97 Å². The summed E-state index contributed by atoms with van der Waals surface area (Å²) in [5.74, 6) is 0.644. The molecule has 0 aromatic carbocycles. The number of carbonyl (C=O) groups excluding carboxylic acids is 1. The third kappa shape index (κ3) is 3.75. The number of hydrogen-bond acceptors (Lipinski definition) is 8. The zero-order valence-corrected chi connectivity index (χ0v) is 16.7. The number of carbonyl (C=O) groups is 1. The SMILES string of the molecule is Cc1sc2nc(SCC(=O)N(C)C3CCS(=O)(=O)C3)nc(N)c2c1C. The number of aromatic nitrogens is 2. The number of fused-ring (bicyclic) bond motifs is 1. The second kappa shape index (κ2) is 6.73. The standard InChI is InChI=1S/C15H20N4O3S3/c1-8-9(2)24-14-12(8)13(16)17-15(18-14)23-6-11(20)19(3)10-4-5-25(21,22)7-10/h10H,4-7H2,1-3H3,(H2,16,17,18). The van der Waals surface area contributed by atoms with Crippen molar-refractivity contribution in [3.8, 4) is 0 Å². The largest absolute Gasteiger partial charge is 0.383 e. The van der Waals surface area contributed by atoms with Crippen molar-refractivity contribution in [2.45, 2.75) is 31.5 Å². The van der Waals surface area contributed by atoms with Crippen molar-refractivity contribution in [3.05, 3.63) is 10.4 Å². The van der Waals surface area contributed by atoms with Crippen molar-refractivity contribution in [1.82, 2.24) is 14.9 Å². The molecule has 2 aromatic heterocycles. The summed E-state index contributed by atoms with van der Waals surface area (Å²) < 4.78 is 23.1. The third-order valence-corrected chi connectivity index (χ3v) is 8.19. The number of nitrogens with two attached hydrogens (primary N) is 1. The average Bonchev–Trinajstić information content (AvgIpc) is 3.04. The minimum Gasteiger partial charge on any atom is -0.383 e. The van der Waals surface area contributed by atoms with E-state index in [4.69, 9.17) is 5.73 Å². The summed E-state index contributed by atoms with van der Waals surface area (Å²) in [7, 11) is -1.36. The number of thioether (sulfide) groups is 1. The number of amides is 1. The van der Waals surface area contributed by atoms with Crippen LogP contribution in [0.1, 0.15) is 16.9 Å². The van der Waals surface area contributed by atoms with Gasteiger partial charge in [-0.15, -0.1) is 11.3 Å². The van der Waals surface area contributed by atoms with E-state index in [-0.39, 0.29) is 29.2 Å². The molecule has 136 valence electrons. The lowest BCUT2D eigenvalue weighted by atomic mass is 10.2. The molecule has 1 aliphatic heterocycles. The summed E-state index contributed by atoms with van der Waals surface area (Å²) in [6.07, 6.45) is 0.498. The molecule has 0 aliphatic carbocycles. The molecule has 1 unspecified atom stereocenters. The summed E-state index contributed by atoms with van der Waals surface area (Å²) in [6, 6.07) is -0.242. The fourth-order valence-electron chi connectivity index (χ4n) is 2.84. The van der Waals surface area contributed by atoms with Crippen LogP contribution in [-0.4, -0.2) is 59.5 Å². The van der Waals surface area contributed by atoms with Gasteiger partial charge in [0.05, 0.1) is 22.6 Å². The van der Waals surface area contributed by atoms with Gasteiger partial charge in [-0.2, -0.15) is 0 Å². The molecule has 1 fully saturated rings. The van der Waals surface area contributed by atoms with Crippen LogP contribution in [0.4, 0.5) is 5.82 Å². The summed E-state index contributed by atoms with van der Waals surface area (Å²) in [4.78, 5) is 24.6. The van der Waals surface area contributed by atoms with Crippen molar-refractivity contribution >= 4 is 54.9 Å². The lowest BCUT2D eigenvalue weighted by molar-refractivity contribution is -0.128. The van der Waals surface area contributed by atoms with Crippen molar-refractivity contribution in [2.75, 3.05) is 30.0 Å². The first-order valence-corrected chi connectivity index (χ1v) is 11.4. The van der Waals surface area contributed by atoms with E-state index in [9.17, 15) is 13.2 Å². The van der Waals surface area contributed by atoms with Gasteiger partial charge in [0, 0.05) is 18.0 Å². The fraction of sp³-hybridized carbons (Fsp3) is 0.533. The molecule has 7 nitrogen and oxygen atoms in total. The van der Waals surface area contributed by atoms with Crippen LogP contribution in [0, 0.1) is 13.8 Å². The van der Waals surface area contributed by atoms with E-state index in [1.165, 1.54) is 16.7 Å². The Morgan fingerprint density at radius 2 is 2.12 bits per heavy atom. The fourth-order valence-corrected chi connectivity index (χ4v) is 6.48. The summed E-state index contributed by atoms with van der Waals surface area (Å²) in [5, 5.41) is 1.35. The number of thiophene rings is 1. The van der Waals surface area contributed by atoms with Crippen LogP contribution in [0.2, 0.25) is 0 Å². The van der Waals surface area contributed by atoms with E-state index < -0.39 is 9.84 Å². The maximum absolute atomic E-state index is 12.3. The molecular weight excluding hydrogens is 380 g/mol. The van der Waals surface area contributed by atoms with Gasteiger partial charge in [0.15, 0.2) is 15.0 Å². The van der Waals surface area contributed by atoms with Gasteiger partial charge in [-0.05, 0) is 25.8 Å². The molecular formula is C15H20N4O3S3. The van der Waals surface area contributed by atoms with Crippen molar-refractivity contribution in [3.63, 3.8) is 0 Å². The number of anilines is 1. The molecule has 3 rings (SSSR count). The molecule has 0 spiro atoms. The normalized spacial score (nSPS) is 19.4. The highest BCUT2D eigenvalue weighted by Crippen LogP contribution is 2.33. The predicted octanol–water partition coefficient (Wildman–Crippen LogP) is 1.63. The Morgan fingerprint density at radius 3 is 2.76 bits per heavy atom. The van der Waals surface area contributed by atoms with E-state index in [0.717, 1.165) is 20.7 Å². The van der Waals surface area contributed by atoms with Gasteiger partial charge in [-0.25, -0.2) is 18.4 Å². The molecule has 1 saturated heterocycles. The number of rotatable bonds is 4. The van der Waals surface area contributed by atoms with Crippen LogP contribution in [0.15, 0.2) is 5.16 Å². The Morgan fingerprint density at radius 1 is 1.40 bits per heavy atom. The lowest BCUT2D eigenvalue weighted by Crippen LogP contribution is -2.38. The van der Waals surface area contributed by atoms with Gasteiger partial charge in [0.1, 0.15) is 10.6 Å². The highest BCUT2D eigenvalue weighted by atomic mass is 32.2.